The molecule has 0 radical (unpaired) electrons. The molecular weight excluding hydrogens is 304 g/mol. The Labute approximate surface area is 143 Å². The third-order valence-electron chi connectivity index (χ3n) is 4.87. The van der Waals surface area contributed by atoms with Gasteiger partial charge in [0, 0.05) is 43.1 Å². The van der Waals surface area contributed by atoms with Gasteiger partial charge in [0.1, 0.15) is 0 Å². The van der Waals surface area contributed by atoms with E-state index in [-0.39, 0.29) is 23.8 Å². The highest BCUT2D eigenvalue weighted by atomic mass is 16.2. The summed E-state index contributed by atoms with van der Waals surface area (Å²) in [4.78, 5) is 23.7. The molecule has 3 rings (SSSR count). The van der Waals surface area contributed by atoms with Crippen molar-refractivity contribution in [1.29, 1.82) is 0 Å². The molecule has 0 saturated heterocycles. The van der Waals surface area contributed by atoms with Crippen molar-refractivity contribution in [1.82, 2.24) is 20.4 Å². The lowest BCUT2D eigenvalue weighted by Crippen LogP contribution is -2.39. The minimum atomic E-state index is 0.0831. The van der Waals surface area contributed by atoms with Crippen molar-refractivity contribution in [2.45, 2.75) is 70.9 Å². The molecule has 24 heavy (non-hydrogen) atoms. The lowest BCUT2D eigenvalue weighted by Gasteiger charge is -2.25. The predicted octanol–water partition coefficient (Wildman–Crippen LogP) is 1.74. The van der Waals surface area contributed by atoms with Crippen LogP contribution in [0.5, 0.6) is 0 Å². The van der Waals surface area contributed by atoms with E-state index in [4.69, 9.17) is 0 Å². The van der Waals surface area contributed by atoms with E-state index in [9.17, 15) is 9.59 Å². The van der Waals surface area contributed by atoms with Crippen molar-refractivity contribution in [3.05, 3.63) is 17.5 Å². The van der Waals surface area contributed by atoms with E-state index in [0.717, 1.165) is 32.1 Å². The predicted molar refractivity (Wildman–Crippen MR) is 91.5 cm³/mol. The molecule has 0 spiro atoms. The van der Waals surface area contributed by atoms with E-state index in [2.05, 4.69) is 34.3 Å². The minimum absolute atomic E-state index is 0.0831. The molecule has 2 amide bonds. The van der Waals surface area contributed by atoms with Crippen molar-refractivity contribution in [3.8, 4) is 0 Å². The molecule has 6 heteroatoms. The molecule has 0 bridgehead atoms. The summed E-state index contributed by atoms with van der Waals surface area (Å²) in [6, 6.07) is 0.540. The fraction of sp³-hybridized carbons (Fsp3) is 0.722. The number of rotatable bonds is 7. The number of hydrogen-bond donors (Lipinski definition) is 2. The fourth-order valence-corrected chi connectivity index (χ4v) is 3.34. The molecule has 6 nitrogen and oxygen atoms in total. The number of carbonyl (C=O) groups is 2. The quantitative estimate of drug-likeness (QED) is 0.747. The fourth-order valence-electron chi connectivity index (χ4n) is 3.34. The topological polar surface area (TPSA) is 76.0 Å². The molecule has 2 aliphatic carbocycles. The maximum absolute atomic E-state index is 12.1. The molecule has 1 aromatic rings. The molecule has 1 heterocycles. The lowest BCUT2D eigenvalue weighted by molar-refractivity contribution is -0.124. The number of fused-ring (bicyclic) bond motifs is 1. The van der Waals surface area contributed by atoms with Gasteiger partial charge in [-0.2, -0.15) is 5.10 Å². The van der Waals surface area contributed by atoms with Crippen molar-refractivity contribution >= 4 is 11.8 Å². The summed E-state index contributed by atoms with van der Waals surface area (Å²) in [6.45, 7) is 4.86. The average Bonchev–Trinajstić information content (AvgIpc) is 3.31. The van der Waals surface area contributed by atoms with E-state index < -0.39 is 0 Å². The molecule has 1 aromatic heterocycles. The first kappa shape index (κ1) is 17.0. The van der Waals surface area contributed by atoms with Crippen molar-refractivity contribution < 1.29 is 9.59 Å². The first-order valence-corrected chi connectivity index (χ1v) is 9.17. The van der Waals surface area contributed by atoms with Gasteiger partial charge in [0.15, 0.2) is 0 Å². The zero-order valence-electron chi connectivity index (χ0n) is 14.7. The van der Waals surface area contributed by atoms with Crippen LogP contribution in [0, 0.1) is 5.92 Å². The summed E-state index contributed by atoms with van der Waals surface area (Å²) in [5.74, 6) is 0.470. The molecule has 132 valence electrons. The third kappa shape index (κ3) is 4.16. The van der Waals surface area contributed by atoms with Gasteiger partial charge in [0.05, 0.1) is 6.20 Å². The number of nitrogens with zero attached hydrogens (tertiary/aromatic N) is 2. The molecule has 0 aromatic carbocycles. The second-order valence-corrected chi connectivity index (χ2v) is 7.33. The Kier molecular flexibility index (Phi) is 5.21. The van der Waals surface area contributed by atoms with Gasteiger partial charge in [0.2, 0.25) is 11.8 Å². The third-order valence-corrected chi connectivity index (χ3v) is 4.87. The van der Waals surface area contributed by atoms with Crippen molar-refractivity contribution in [2.75, 3.05) is 6.54 Å². The Balaban J connectivity index is 1.40. The highest BCUT2D eigenvalue weighted by Gasteiger charge is 2.29. The zero-order valence-corrected chi connectivity index (χ0v) is 14.7. The lowest BCUT2D eigenvalue weighted by atomic mass is 9.93. The first-order valence-electron chi connectivity index (χ1n) is 9.17. The summed E-state index contributed by atoms with van der Waals surface area (Å²) in [5, 5.41) is 10.5. The molecule has 1 saturated carbocycles. The van der Waals surface area contributed by atoms with Gasteiger partial charge in [-0.3, -0.25) is 14.3 Å². The smallest absolute Gasteiger partial charge is 0.223 e. The second kappa shape index (κ2) is 7.36. The molecule has 2 N–H and O–H groups in total. The molecular formula is C18H28N4O2. The number of carbonyl (C=O) groups excluding carboxylic acids is 2. The van der Waals surface area contributed by atoms with Gasteiger partial charge in [-0.05, 0) is 51.5 Å². The summed E-state index contributed by atoms with van der Waals surface area (Å²) < 4.78 is 2.07. The van der Waals surface area contributed by atoms with Crippen LogP contribution in [0.15, 0.2) is 6.20 Å². The highest BCUT2D eigenvalue weighted by Crippen LogP contribution is 2.28. The number of aromatic nitrogens is 2. The number of amides is 2. The Morgan fingerprint density at radius 1 is 1.33 bits per heavy atom. The Morgan fingerprint density at radius 2 is 2.12 bits per heavy atom. The van der Waals surface area contributed by atoms with Gasteiger partial charge >= 0.3 is 0 Å². The maximum Gasteiger partial charge on any atom is 0.223 e. The Morgan fingerprint density at radius 3 is 2.83 bits per heavy atom. The van der Waals surface area contributed by atoms with E-state index in [0.29, 0.717) is 25.4 Å². The summed E-state index contributed by atoms with van der Waals surface area (Å²) in [6.07, 6.45) is 7.98. The van der Waals surface area contributed by atoms with Crippen LogP contribution < -0.4 is 10.6 Å². The first-order chi connectivity index (χ1) is 11.5. The van der Waals surface area contributed by atoms with Crippen LogP contribution in [0.3, 0.4) is 0 Å². The molecule has 0 aliphatic heterocycles. The van der Waals surface area contributed by atoms with Gasteiger partial charge in [-0.1, -0.05) is 0 Å². The molecule has 1 atom stereocenters. The van der Waals surface area contributed by atoms with Crippen molar-refractivity contribution in [2.24, 2.45) is 5.92 Å². The number of hydrogen-bond acceptors (Lipinski definition) is 3. The number of nitrogens with one attached hydrogen (secondary N) is 2. The summed E-state index contributed by atoms with van der Waals surface area (Å²) >= 11 is 0. The summed E-state index contributed by atoms with van der Waals surface area (Å²) in [7, 11) is 0. The monoisotopic (exact) mass is 332 g/mol. The van der Waals surface area contributed by atoms with Gasteiger partial charge < -0.3 is 10.6 Å². The Bertz CT molecular complexity index is 604. The largest absolute Gasteiger partial charge is 0.356 e. The zero-order chi connectivity index (χ0) is 17.1. The highest BCUT2D eigenvalue weighted by molar-refractivity contribution is 5.81. The van der Waals surface area contributed by atoms with Crippen LogP contribution in [0.4, 0.5) is 0 Å². The van der Waals surface area contributed by atoms with Gasteiger partial charge in [0.25, 0.3) is 0 Å². The van der Waals surface area contributed by atoms with E-state index in [1.807, 2.05) is 6.20 Å². The number of aryl methyl sites for hydroxylation is 1. The van der Waals surface area contributed by atoms with Crippen LogP contribution in [-0.4, -0.2) is 34.2 Å². The standard InChI is InChI=1S/C18H28N4O2/c1-12(2)22-16-10-15(8-7-14(16)11-20-22)21-17(23)4-3-9-19-18(24)13-5-6-13/h11-13,15H,3-10H2,1-2H3,(H,19,24)(H,21,23)/t15-/m1/s1. The van der Waals surface area contributed by atoms with Crippen LogP contribution in [0.1, 0.15) is 63.3 Å². The van der Waals surface area contributed by atoms with Crippen molar-refractivity contribution in [3.63, 3.8) is 0 Å². The average molecular weight is 332 g/mol. The maximum atomic E-state index is 12.1. The molecule has 1 fully saturated rings. The normalized spacial score (nSPS) is 19.9. The van der Waals surface area contributed by atoms with E-state index in [1.54, 1.807) is 0 Å². The molecule has 2 aliphatic rings. The minimum Gasteiger partial charge on any atom is -0.356 e. The SMILES string of the molecule is CC(C)n1ncc2c1C[C@H](NC(=O)CCCNC(=O)C1CC1)CC2. The van der Waals surface area contributed by atoms with Gasteiger partial charge in [-0.25, -0.2) is 0 Å². The molecule has 0 unspecified atom stereocenters. The second-order valence-electron chi connectivity index (χ2n) is 7.33. The van der Waals surface area contributed by atoms with Crippen LogP contribution in [0.25, 0.3) is 0 Å². The van der Waals surface area contributed by atoms with Crippen LogP contribution >= 0.6 is 0 Å². The van der Waals surface area contributed by atoms with E-state index in [1.165, 1.54) is 11.3 Å². The van der Waals surface area contributed by atoms with Crippen LogP contribution in [-0.2, 0) is 22.4 Å². The van der Waals surface area contributed by atoms with Gasteiger partial charge in [-0.15, -0.1) is 0 Å². The Hall–Kier alpha value is -1.85. The summed E-state index contributed by atoms with van der Waals surface area (Å²) in [5.41, 5.74) is 2.58. The van der Waals surface area contributed by atoms with E-state index >= 15 is 0 Å². The van der Waals surface area contributed by atoms with Crippen LogP contribution in [0.2, 0.25) is 0 Å².